The molecule has 14 heavy (non-hydrogen) atoms. The molecule has 0 aromatic heterocycles. The second-order valence-corrected chi connectivity index (χ2v) is 4.39. The number of rotatable bonds is 2. The van der Waals surface area contributed by atoms with Gasteiger partial charge in [-0.1, -0.05) is 0 Å². The van der Waals surface area contributed by atoms with Gasteiger partial charge in [-0.2, -0.15) is 0 Å². The summed E-state index contributed by atoms with van der Waals surface area (Å²) in [5.74, 6) is 0.886. The summed E-state index contributed by atoms with van der Waals surface area (Å²) in [5.41, 5.74) is 0.832. The van der Waals surface area contributed by atoms with Crippen LogP contribution in [0, 0.1) is 23.2 Å². The van der Waals surface area contributed by atoms with Crippen LogP contribution in [0.2, 0.25) is 0 Å². The predicted molar refractivity (Wildman–Crippen MR) is 53.3 cm³/mol. The molecule has 2 aliphatic rings. The van der Waals surface area contributed by atoms with Crippen LogP contribution in [0.3, 0.4) is 0 Å². The maximum absolute atomic E-state index is 11.7. The van der Waals surface area contributed by atoms with E-state index in [1.807, 2.05) is 6.92 Å². The summed E-state index contributed by atoms with van der Waals surface area (Å²) in [6.45, 7) is 2.33. The van der Waals surface area contributed by atoms with E-state index in [0.29, 0.717) is 18.4 Å². The Hall–Kier alpha value is -0.860. The van der Waals surface area contributed by atoms with Gasteiger partial charge in [0.05, 0.1) is 12.5 Å². The first kappa shape index (κ1) is 9.69. The van der Waals surface area contributed by atoms with Gasteiger partial charge in [0, 0.05) is 5.71 Å². The minimum atomic E-state index is -0.0208. The fourth-order valence-electron chi connectivity index (χ4n) is 2.97. The zero-order chi connectivity index (χ0) is 10.1. The van der Waals surface area contributed by atoms with Crippen molar-refractivity contribution < 1.29 is 9.53 Å². The van der Waals surface area contributed by atoms with Crippen molar-refractivity contribution in [2.24, 2.45) is 17.8 Å². The first-order valence-electron chi connectivity index (χ1n) is 5.45. The summed E-state index contributed by atoms with van der Waals surface area (Å²) < 4.78 is 5.09. The highest BCUT2D eigenvalue weighted by Crippen LogP contribution is 2.46. The van der Waals surface area contributed by atoms with E-state index in [4.69, 9.17) is 10.1 Å². The molecule has 0 saturated heterocycles. The number of nitrogens with one attached hydrogen (secondary N) is 1. The smallest absolute Gasteiger partial charge is 0.309 e. The van der Waals surface area contributed by atoms with E-state index < -0.39 is 0 Å². The molecule has 0 aliphatic heterocycles. The van der Waals surface area contributed by atoms with Crippen molar-refractivity contribution in [3.05, 3.63) is 0 Å². The van der Waals surface area contributed by atoms with Gasteiger partial charge >= 0.3 is 5.97 Å². The van der Waals surface area contributed by atoms with Crippen LogP contribution in [0.1, 0.15) is 32.6 Å². The minimum Gasteiger partial charge on any atom is -0.466 e. The van der Waals surface area contributed by atoms with Gasteiger partial charge in [-0.05, 0) is 44.4 Å². The van der Waals surface area contributed by atoms with Crippen LogP contribution >= 0.6 is 0 Å². The fraction of sp³-hybridized carbons (Fsp3) is 0.818. The van der Waals surface area contributed by atoms with Crippen LogP contribution in [-0.2, 0) is 9.53 Å². The van der Waals surface area contributed by atoms with Gasteiger partial charge in [0.25, 0.3) is 0 Å². The largest absolute Gasteiger partial charge is 0.466 e. The summed E-state index contributed by atoms with van der Waals surface area (Å²) in [6, 6.07) is 0. The molecule has 0 spiro atoms. The van der Waals surface area contributed by atoms with Crippen molar-refractivity contribution in [3.63, 3.8) is 0 Å². The summed E-state index contributed by atoms with van der Waals surface area (Å²) >= 11 is 0. The number of ether oxygens (including phenoxy) is 1. The summed E-state index contributed by atoms with van der Waals surface area (Å²) in [5, 5.41) is 7.67. The van der Waals surface area contributed by atoms with Gasteiger partial charge in [0.2, 0.25) is 0 Å². The van der Waals surface area contributed by atoms with Crippen LogP contribution in [0.15, 0.2) is 0 Å². The summed E-state index contributed by atoms with van der Waals surface area (Å²) in [7, 11) is 0. The van der Waals surface area contributed by atoms with E-state index >= 15 is 0 Å². The average Bonchev–Trinajstić information content (AvgIpc) is 2.39. The molecule has 2 unspecified atom stereocenters. The third-order valence-corrected chi connectivity index (χ3v) is 3.50. The van der Waals surface area contributed by atoms with Crippen molar-refractivity contribution in [1.82, 2.24) is 0 Å². The Balaban J connectivity index is 2.07. The maximum Gasteiger partial charge on any atom is 0.309 e. The van der Waals surface area contributed by atoms with Crippen molar-refractivity contribution in [2.45, 2.75) is 32.6 Å². The lowest BCUT2D eigenvalue weighted by Gasteiger charge is -2.28. The standard InChI is InChI=1S/C11H17NO2/c1-2-14-11(13)10-7-3-4-8(10)6-9(12)5-7/h7-8,10,12H,2-6H2,1H3. The molecular formula is C11H17NO2. The molecule has 0 amide bonds. The molecule has 2 fully saturated rings. The molecule has 3 nitrogen and oxygen atoms in total. The molecule has 2 aliphatic carbocycles. The van der Waals surface area contributed by atoms with Crippen LogP contribution in [0.25, 0.3) is 0 Å². The molecule has 0 aromatic carbocycles. The summed E-state index contributed by atoms with van der Waals surface area (Å²) in [6.07, 6.45) is 3.85. The highest BCUT2D eigenvalue weighted by atomic mass is 16.5. The minimum absolute atomic E-state index is 0.0208. The number of carbonyl (C=O) groups excluding carboxylic acids is 1. The molecule has 3 heteroatoms. The quantitative estimate of drug-likeness (QED) is 0.685. The molecule has 1 N–H and O–H groups in total. The van der Waals surface area contributed by atoms with E-state index in [0.717, 1.165) is 31.4 Å². The third kappa shape index (κ3) is 1.56. The Morgan fingerprint density at radius 3 is 2.50 bits per heavy atom. The maximum atomic E-state index is 11.7. The first-order valence-corrected chi connectivity index (χ1v) is 5.45. The zero-order valence-electron chi connectivity index (χ0n) is 8.58. The number of esters is 1. The topological polar surface area (TPSA) is 50.2 Å². The third-order valence-electron chi connectivity index (χ3n) is 3.50. The van der Waals surface area contributed by atoms with Crippen molar-refractivity contribution in [3.8, 4) is 0 Å². The molecular weight excluding hydrogens is 178 g/mol. The molecule has 2 atom stereocenters. The van der Waals surface area contributed by atoms with E-state index in [9.17, 15) is 4.79 Å². The van der Waals surface area contributed by atoms with E-state index in [2.05, 4.69) is 0 Å². The molecule has 2 rings (SSSR count). The Labute approximate surface area is 84.3 Å². The molecule has 0 heterocycles. The molecule has 0 radical (unpaired) electrons. The average molecular weight is 195 g/mol. The van der Waals surface area contributed by atoms with Crippen molar-refractivity contribution >= 4 is 11.7 Å². The Kier molecular flexibility index (Phi) is 2.57. The number of hydrogen-bond donors (Lipinski definition) is 1. The molecule has 2 saturated carbocycles. The van der Waals surface area contributed by atoms with E-state index in [-0.39, 0.29) is 11.9 Å². The second kappa shape index (κ2) is 3.71. The van der Waals surface area contributed by atoms with Gasteiger partial charge in [0.1, 0.15) is 0 Å². The van der Waals surface area contributed by atoms with E-state index in [1.165, 1.54) is 0 Å². The molecule has 0 aromatic rings. The van der Waals surface area contributed by atoms with Crippen molar-refractivity contribution in [2.75, 3.05) is 6.61 Å². The number of hydrogen-bond acceptors (Lipinski definition) is 3. The highest BCUT2D eigenvalue weighted by molar-refractivity contribution is 5.86. The fourth-order valence-corrected chi connectivity index (χ4v) is 2.97. The predicted octanol–water partition coefficient (Wildman–Crippen LogP) is 2.01. The van der Waals surface area contributed by atoms with E-state index in [1.54, 1.807) is 0 Å². The Bertz CT molecular complexity index is 246. The molecule has 78 valence electrons. The highest BCUT2D eigenvalue weighted by Gasteiger charge is 2.45. The Morgan fingerprint density at radius 1 is 1.43 bits per heavy atom. The Morgan fingerprint density at radius 2 is 2.00 bits per heavy atom. The van der Waals surface area contributed by atoms with Crippen LogP contribution in [0.5, 0.6) is 0 Å². The second-order valence-electron chi connectivity index (χ2n) is 4.39. The lowest BCUT2D eigenvalue weighted by Crippen LogP contribution is -2.33. The molecule has 2 bridgehead atoms. The zero-order valence-corrected chi connectivity index (χ0v) is 8.58. The van der Waals surface area contributed by atoms with Gasteiger partial charge < -0.3 is 10.1 Å². The van der Waals surface area contributed by atoms with Gasteiger partial charge in [-0.15, -0.1) is 0 Å². The number of fused-ring (bicyclic) bond motifs is 2. The normalized spacial score (nSPS) is 35.8. The van der Waals surface area contributed by atoms with Gasteiger partial charge in [-0.3, -0.25) is 4.79 Å². The lowest BCUT2D eigenvalue weighted by atomic mass is 9.78. The SMILES string of the molecule is CCOC(=O)C1C2CCC1CC(=N)C2. The summed E-state index contributed by atoms with van der Waals surface area (Å²) in [4.78, 5) is 11.7. The van der Waals surface area contributed by atoms with Crippen LogP contribution in [0.4, 0.5) is 0 Å². The van der Waals surface area contributed by atoms with Gasteiger partial charge in [-0.25, -0.2) is 0 Å². The van der Waals surface area contributed by atoms with Crippen LogP contribution < -0.4 is 0 Å². The lowest BCUT2D eigenvalue weighted by molar-refractivity contribution is -0.151. The van der Waals surface area contributed by atoms with Crippen molar-refractivity contribution in [1.29, 1.82) is 5.41 Å². The first-order chi connectivity index (χ1) is 6.72. The number of carbonyl (C=O) groups is 1. The van der Waals surface area contributed by atoms with Gasteiger partial charge in [0.15, 0.2) is 0 Å². The van der Waals surface area contributed by atoms with Crippen LogP contribution in [-0.4, -0.2) is 18.3 Å². The monoisotopic (exact) mass is 195 g/mol.